The average molecular weight is 238 g/mol. The summed E-state index contributed by atoms with van der Waals surface area (Å²) in [5.74, 6) is 0. The second-order valence-corrected chi connectivity index (χ2v) is 6.72. The van der Waals surface area contributed by atoms with Crippen molar-refractivity contribution >= 4 is 0 Å². The van der Waals surface area contributed by atoms with E-state index in [1.54, 1.807) is 0 Å². The quantitative estimate of drug-likeness (QED) is 0.818. The minimum atomic E-state index is 0.286. The van der Waals surface area contributed by atoms with Gasteiger partial charge in [0.15, 0.2) is 0 Å². The standard InChI is InChI=1S/C15H30N2/c1-4-13-8-5-6-11-17(13)15(12-16)10-7-9-14(15,2)3/h13H,4-12,16H2,1-3H3. The number of rotatable bonds is 3. The van der Waals surface area contributed by atoms with Gasteiger partial charge in [0.05, 0.1) is 0 Å². The van der Waals surface area contributed by atoms with Crippen molar-refractivity contribution in [2.24, 2.45) is 11.1 Å². The lowest BCUT2D eigenvalue weighted by Crippen LogP contribution is -2.63. The van der Waals surface area contributed by atoms with Crippen LogP contribution in [-0.2, 0) is 0 Å². The molecule has 2 unspecified atom stereocenters. The van der Waals surface area contributed by atoms with Crippen molar-refractivity contribution < 1.29 is 0 Å². The topological polar surface area (TPSA) is 29.3 Å². The molecule has 2 atom stereocenters. The van der Waals surface area contributed by atoms with Crippen LogP contribution in [0, 0.1) is 5.41 Å². The van der Waals surface area contributed by atoms with E-state index in [-0.39, 0.29) is 5.54 Å². The van der Waals surface area contributed by atoms with Crippen LogP contribution in [0.4, 0.5) is 0 Å². The van der Waals surface area contributed by atoms with Crippen molar-refractivity contribution in [2.45, 2.75) is 77.3 Å². The Bertz CT molecular complexity index is 262. The van der Waals surface area contributed by atoms with Gasteiger partial charge in [-0.2, -0.15) is 0 Å². The van der Waals surface area contributed by atoms with Gasteiger partial charge in [0.2, 0.25) is 0 Å². The van der Waals surface area contributed by atoms with Gasteiger partial charge in [0, 0.05) is 18.1 Å². The molecule has 0 spiro atoms. The molecule has 0 bridgehead atoms. The van der Waals surface area contributed by atoms with Crippen LogP contribution in [0.2, 0.25) is 0 Å². The predicted molar refractivity (Wildman–Crippen MR) is 74.1 cm³/mol. The van der Waals surface area contributed by atoms with Crippen molar-refractivity contribution in [1.29, 1.82) is 0 Å². The number of hydrogen-bond acceptors (Lipinski definition) is 2. The Labute approximate surface area is 107 Å². The molecule has 2 fully saturated rings. The third-order valence-corrected chi connectivity index (χ3v) is 5.64. The fourth-order valence-corrected chi connectivity index (χ4v) is 4.41. The van der Waals surface area contributed by atoms with Gasteiger partial charge in [-0.25, -0.2) is 0 Å². The molecule has 17 heavy (non-hydrogen) atoms. The Kier molecular flexibility index (Phi) is 3.84. The number of nitrogens with zero attached hydrogens (tertiary/aromatic N) is 1. The van der Waals surface area contributed by atoms with E-state index >= 15 is 0 Å². The van der Waals surface area contributed by atoms with E-state index in [2.05, 4.69) is 25.7 Å². The third kappa shape index (κ3) is 2.04. The molecule has 0 aromatic carbocycles. The van der Waals surface area contributed by atoms with Crippen LogP contribution in [0.25, 0.3) is 0 Å². The molecule has 0 aromatic heterocycles. The van der Waals surface area contributed by atoms with Crippen LogP contribution in [-0.4, -0.2) is 29.6 Å². The van der Waals surface area contributed by atoms with Crippen LogP contribution >= 0.6 is 0 Å². The van der Waals surface area contributed by atoms with E-state index in [0.29, 0.717) is 5.41 Å². The minimum Gasteiger partial charge on any atom is -0.329 e. The molecule has 2 aliphatic rings. The highest BCUT2D eigenvalue weighted by Crippen LogP contribution is 2.50. The molecule has 2 nitrogen and oxygen atoms in total. The molecule has 1 saturated carbocycles. The highest BCUT2D eigenvalue weighted by Gasteiger charge is 2.53. The van der Waals surface area contributed by atoms with Crippen LogP contribution < -0.4 is 5.73 Å². The zero-order valence-corrected chi connectivity index (χ0v) is 12.0. The molecule has 1 aliphatic heterocycles. The lowest BCUT2D eigenvalue weighted by Gasteiger charge is -2.54. The van der Waals surface area contributed by atoms with Crippen LogP contribution in [0.3, 0.4) is 0 Å². The number of nitrogens with two attached hydrogens (primary N) is 1. The van der Waals surface area contributed by atoms with Crippen molar-refractivity contribution in [1.82, 2.24) is 4.90 Å². The number of piperidine rings is 1. The summed E-state index contributed by atoms with van der Waals surface area (Å²) >= 11 is 0. The summed E-state index contributed by atoms with van der Waals surface area (Å²) in [7, 11) is 0. The third-order valence-electron chi connectivity index (χ3n) is 5.64. The van der Waals surface area contributed by atoms with Crippen LogP contribution in [0.1, 0.15) is 65.7 Å². The van der Waals surface area contributed by atoms with Gasteiger partial charge in [0.25, 0.3) is 0 Å². The van der Waals surface area contributed by atoms with E-state index in [1.165, 1.54) is 51.5 Å². The predicted octanol–water partition coefficient (Wildman–Crippen LogP) is 3.16. The summed E-state index contributed by atoms with van der Waals surface area (Å²) in [5, 5.41) is 0. The van der Waals surface area contributed by atoms with Gasteiger partial charge in [-0.05, 0) is 44.1 Å². The maximum Gasteiger partial charge on any atom is 0.0385 e. The fraction of sp³-hybridized carbons (Fsp3) is 1.00. The first kappa shape index (κ1) is 13.4. The number of hydrogen-bond donors (Lipinski definition) is 1. The minimum absolute atomic E-state index is 0.286. The molecule has 0 radical (unpaired) electrons. The molecule has 1 aliphatic carbocycles. The molecule has 0 aromatic rings. The first-order chi connectivity index (χ1) is 8.07. The summed E-state index contributed by atoms with van der Waals surface area (Å²) in [4.78, 5) is 2.81. The summed E-state index contributed by atoms with van der Waals surface area (Å²) < 4.78 is 0. The fourth-order valence-electron chi connectivity index (χ4n) is 4.41. The molecule has 1 saturated heterocycles. The molecule has 2 N–H and O–H groups in total. The Morgan fingerprint density at radius 1 is 1.18 bits per heavy atom. The second-order valence-electron chi connectivity index (χ2n) is 6.72. The monoisotopic (exact) mass is 238 g/mol. The van der Waals surface area contributed by atoms with Gasteiger partial charge in [0.1, 0.15) is 0 Å². The molecular formula is C15H30N2. The molecule has 2 rings (SSSR count). The summed E-state index contributed by atoms with van der Waals surface area (Å²) in [6.45, 7) is 9.34. The van der Waals surface area contributed by atoms with Gasteiger partial charge < -0.3 is 5.73 Å². The molecule has 2 heteroatoms. The second kappa shape index (κ2) is 4.89. The average Bonchev–Trinajstić information content (AvgIpc) is 2.65. The highest BCUT2D eigenvalue weighted by atomic mass is 15.3. The summed E-state index contributed by atoms with van der Waals surface area (Å²) in [6, 6.07) is 0.782. The van der Waals surface area contributed by atoms with Crippen molar-refractivity contribution in [3.8, 4) is 0 Å². The van der Waals surface area contributed by atoms with Crippen molar-refractivity contribution in [2.75, 3.05) is 13.1 Å². The van der Waals surface area contributed by atoms with Crippen LogP contribution in [0.15, 0.2) is 0 Å². The van der Waals surface area contributed by atoms with Gasteiger partial charge in [-0.3, -0.25) is 4.90 Å². The Morgan fingerprint density at radius 3 is 2.47 bits per heavy atom. The number of likely N-dealkylation sites (tertiary alicyclic amines) is 1. The Hall–Kier alpha value is -0.0800. The SMILES string of the molecule is CCC1CCCCN1C1(CN)CCCC1(C)C. The van der Waals surface area contributed by atoms with Gasteiger partial charge >= 0.3 is 0 Å². The Balaban J connectivity index is 2.27. The summed E-state index contributed by atoms with van der Waals surface area (Å²) in [5.41, 5.74) is 6.93. The Morgan fingerprint density at radius 2 is 1.94 bits per heavy atom. The zero-order valence-electron chi connectivity index (χ0n) is 12.0. The molecule has 1 heterocycles. The maximum atomic E-state index is 6.25. The smallest absolute Gasteiger partial charge is 0.0385 e. The van der Waals surface area contributed by atoms with E-state index in [1.807, 2.05) is 0 Å². The summed E-state index contributed by atoms with van der Waals surface area (Å²) in [6.07, 6.45) is 9.47. The zero-order chi connectivity index (χ0) is 12.5. The normalized spacial score (nSPS) is 38.5. The lowest BCUT2D eigenvalue weighted by molar-refractivity contribution is -0.0374. The maximum absolute atomic E-state index is 6.25. The molecule has 0 amide bonds. The first-order valence-corrected chi connectivity index (χ1v) is 7.54. The molecular weight excluding hydrogens is 208 g/mol. The van der Waals surface area contributed by atoms with Crippen molar-refractivity contribution in [3.63, 3.8) is 0 Å². The van der Waals surface area contributed by atoms with Gasteiger partial charge in [-0.1, -0.05) is 33.6 Å². The van der Waals surface area contributed by atoms with E-state index in [0.717, 1.165) is 12.6 Å². The highest BCUT2D eigenvalue weighted by molar-refractivity contribution is 5.08. The lowest BCUT2D eigenvalue weighted by atomic mass is 9.72. The van der Waals surface area contributed by atoms with Crippen molar-refractivity contribution in [3.05, 3.63) is 0 Å². The van der Waals surface area contributed by atoms with E-state index in [9.17, 15) is 0 Å². The van der Waals surface area contributed by atoms with E-state index in [4.69, 9.17) is 5.73 Å². The van der Waals surface area contributed by atoms with E-state index < -0.39 is 0 Å². The van der Waals surface area contributed by atoms with Gasteiger partial charge in [-0.15, -0.1) is 0 Å². The van der Waals surface area contributed by atoms with Crippen LogP contribution in [0.5, 0.6) is 0 Å². The largest absolute Gasteiger partial charge is 0.329 e. The molecule has 100 valence electrons. The first-order valence-electron chi connectivity index (χ1n) is 7.54.